The van der Waals surface area contributed by atoms with Crippen LogP contribution in [0.4, 0.5) is 0 Å². The van der Waals surface area contributed by atoms with Crippen molar-refractivity contribution in [1.82, 2.24) is 10.6 Å². The summed E-state index contributed by atoms with van der Waals surface area (Å²) in [7, 11) is 3.50. The van der Waals surface area contributed by atoms with E-state index in [0.29, 0.717) is 11.3 Å². The number of rotatable bonds is 7. The number of hydrogen-bond acceptors (Lipinski definition) is 3. The largest absolute Gasteiger partial charge is 0.496 e. The Labute approximate surface area is 177 Å². The Morgan fingerprint density at radius 2 is 1.77 bits per heavy atom. The lowest BCUT2D eigenvalue weighted by atomic mass is 10.2. The summed E-state index contributed by atoms with van der Waals surface area (Å²) < 4.78 is 5.69. The molecule has 0 radical (unpaired) electrons. The first-order valence-corrected chi connectivity index (χ1v) is 9.37. The van der Waals surface area contributed by atoms with Crippen molar-refractivity contribution in [1.29, 1.82) is 0 Å². The molecule has 0 bridgehead atoms. The average molecular weight is 483 g/mol. The number of nitrogens with one attached hydrogen (secondary N) is 2. The van der Waals surface area contributed by atoms with Gasteiger partial charge in [0.05, 0.1) is 7.11 Å². The molecule has 0 saturated heterocycles. The van der Waals surface area contributed by atoms with E-state index < -0.39 is 0 Å². The van der Waals surface area contributed by atoms with Crippen LogP contribution in [0.15, 0.2) is 64.5 Å². The van der Waals surface area contributed by atoms with Gasteiger partial charge >= 0.3 is 0 Å². The van der Waals surface area contributed by atoms with Gasteiger partial charge in [0.1, 0.15) is 5.75 Å². The number of ether oxygens (including phenoxy) is 1. The summed E-state index contributed by atoms with van der Waals surface area (Å²) >= 11 is 1.96. The number of guanidine groups is 1. The maximum Gasteiger partial charge on any atom is 0.191 e. The maximum absolute atomic E-state index is 5.40. The molecular formula is C20H26IN3OS. The Balaban J connectivity index is 0.00000243. The molecule has 4 nitrogen and oxygen atoms in total. The van der Waals surface area contributed by atoms with Gasteiger partial charge in [-0.25, -0.2) is 0 Å². The van der Waals surface area contributed by atoms with Gasteiger partial charge in [-0.15, -0.1) is 35.7 Å². The number of para-hydroxylation sites is 1. The molecule has 0 amide bonds. The zero-order chi connectivity index (χ0) is 17.5. The fourth-order valence-electron chi connectivity index (χ4n) is 2.69. The number of halogens is 1. The minimum absolute atomic E-state index is 0. The van der Waals surface area contributed by atoms with E-state index in [1.807, 2.05) is 37.0 Å². The van der Waals surface area contributed by atoms with Gasteiger partial charge in [0.2, 0.25) is 0 Å². The molecule has 1 saturated carbocycles. The van der Waals surface area contributed by atoms with E-state index in [4.69, 9.17) is 4.74 Å². The Bertz CT molecular complexity index is 720. The number of thioether (sulfide) groups is 1. The van der Waals surface area contributed by atoms with Crippen LogP contribution in [-0.4, -0.2) is 31.4 Å². The van der Waals surface area contributed by atoms with E-state index >= 15 is 0 Å². The van der Waals surface area contributed by atoms with Crippen molar-refractivity contribution in [2.75, 3.05) is 20.7 Å². The quantitative estimate of drug-likeness (QED) is 0.350. The average Bonchev–Trinajstić information content (AvgIpc) is 3.42. The van der Waals surface area contributed by atoms with Crippen LogP contribution in [0, 0.1) is 0 Å². The molecule has 0 spiro atoms. The van der Waals surface area contributed by atoms with E-state index in [-0.39, 0.29) is 24.0 Å². The highest BCUT2D eigenvalue weighted by molar-refractivity contribution is 14.0. The van der Waals surface area contributed by atoms with E-state index in [9.17, 15) is 0 Å². The third-order valence-electron chi connectivity index (χ3n) is 4.33. The highest BCUT2D eigenvalue weighted by Gasteiger charge is 2.43. The minimum Gasteiger partial charge on any atom is -0.496 e. The molecule has 0 heterocycles. The zero-order valence-corrected chi connectivity index (χ0v) is 18.3. The molecule has 140 valence electrons. The summed E-state index contributed by atoms with van der Waals surface area (Å²) in [6, 6.07) is 18.7. The highest BCUT2D eigenvalue weighted by Crippen LogP contribution is 2.51. The number of aliphatic imine (C=N–C) groups is 1. The maximum atomic E-state index is 5.40. The molecule has 0 atom stereocenters. The second kappa shape index (κ2) is 10.1. The lowest BCUT2D eigenvalue weighted by Gasteiger charge is -2.18. The molecule has 3 rings (SSSR count). The first-order chi connectivity index (χ1) is 12.2. The van der Waals surface area contributed by atoms with Crippen molar-refractivity contribution >= 4 is 41.7 Å². The van der Waals surface area contributed by atoms with Gasteiger partial charge in [-0.1, -0.05) is 36.4 Å². The molecule has 1 aliphatic rings. The number of nitrogens with zero attached hydrogens (tertiary/aromatic N) is 1. The molecular weight excluding hydrogens is 457 g/mol. The van der Waals surface area contributed by atoms with Gasteiger partial charge in [-0.05, 0) is 31.0 Å². The van der Waals surface area contributed by atoms with Crippen molar-refractivity contribution in [2.24, 2.45) is 4.99 Å². The number of methoxy groups -OCH3 is 1. The van der Waals surface area contributed by atoms with Crippen molar-refractivity contribution < 1.29 is 4.74 Å². The molecule has 1 fully saturated rings. The van der Waals surface area contributed by atoms with E-state index in [2.05, 4.69) is 52.0 Å². The molecule has 26 heavy (non-hydrogen) atoms. The van der Waals surface area contributed by atoms with Crippen LogP contribution in [0.5, 0.6) is 5.75 Å². The van der Waals surface area contributed by atoms with Crippen LogP contribution in [0.2, 0.25) is 0 Å². The van der Waals surface area contributed by atoms with Gasteiger partial charge < -0.3 is 15.4 Å². The smallest absolute Gasteiger partial charge is 0.191 e. The Hall–Kier alpha value is -1.41. The number of hydrogen-bond donors (Lipinski definition) is 2. The molecule has 6 heteroatoms. The number of benzene rings is 2. The third kappa shape index (κ3) is 5.81. The van der Waals surface area contributed by atoms with Crippen molar-refractivity contribution in [3.05, 3.63) is 60.2 Å². The van der Waals surface area contributed by atoms with Gasteiger partial charge in [-0.3, -0.25) is 4.99 Å². The summed E-state index contributed by atoms with van der Waals surface area (Å²) in [5.41, 5.74) is 1.12. The Morgan fingerprint density at radius 3 is 2.42 bits per heavy atom. The van der Waals surface area contributed by atoms with Crippen LogP contribution < -0.4 is 15.4 Å². The van der Waals surface area contributed by atoms with Crippen LogP contribution >= 0.6 is 35.7 Å². The summed E-state index contributed by atoms with van der Waals surface area (Å²) in [5, 5.41) is 6.85. The molecule has 1 aliphatic carbocycles. The normalized spacial score (nSPS) is 14.9. The van der Waals surface area contributed by atoms with Crippen molar-refractivity contribution in [3.8, 4) is 5.75 Å². The summed E-state index contributed by atoms with van der Waals surface area (Å²) in [6.07, 6.45) is 2.48. The standard InChI is InChI=1S/C20H25N3OS.HI/c1-21-19(22-14-16-8-6-7-11-18(16)24-2)23-15-20(12-13-20)25-17-9-4-3-5-10-17;/h3-11H,12-15H2,1-2H3,(H2,21,22,23);1H. The molecule has 2 aromatic carbocycles. The molecule has 0 unspecified atom stereocenters. The summed E-state index contributed by atoms with van der Waals surface area (Å²) in [4.78, 5) is 5.67. The molecule has 2 N–H and O–H groups in total. The SMILES string of the molecule is CN=C(NCc1ccccc1OC)NCC1(Sc2ccccc2)CC1.I. The molecule has 2 aromatic rings. The zero-order valence-electron chi connectivity index (χ0n) is 15.2. The molecule has 0 aliphatic heterocycles. The van der Waals surface area contributed by atoms with Crippen molar-refractivity contribution in [2.45, 2.75) is 29.0 Å². The summed E-state index contributed by atoms with van der Waals surface area (Å²) in [6.45, 7) is 1.60. The topological polar surface area (TPSA) is 45.7 Å². The second-order valence-corrected chi connectivity index (χ2v) is 7.73. The predicted molar refractivity (Wildman–Crippen MR) is 121 cm³/mol. The minimum atomic E-state index is 0. The molecule has 0 aromatic heterocycles. The van der Waals surface area contributed by atoms with Crippen LogP contribution in [-0.2, 0) is 6.54 Å². The Kier molecular flexibility index (Phi) is 8.09. The first kappa shape index (κ1) is 20.9. The van der Waals surface area contributed by atoms with Crippen LogP contribution in [0.25, 0.3) is 0 Å². The second-order valence-electron chi connectivity index (χ2n) is 6.19. The fraction of sp³-hybridized carbons (Fsp3) is 0.350. The summed E-state index contributed by atoms with van der Waals surface area (Å²) in [5.74, 6) is 1.72. The van der Waals surface area contributed by atoms with Crippen molar-refractivity contribution in [3.63, 3.8) is 0 Å². The van der Waals surface area contributed by atoms with Gasteiger partial charge in [0.25, 0.3) is 0 Å². The van der Waals surface area contributed by atoms with Gasteiger partial charge in [0, 0.05) is 35.3 Å². The highest BCUT2D eigenvalue weighted by atomic mass is 127. The van der Waals surface area contributed by atoms with E-state index in [1.165, 1.54) is 17.7 Å². The van der Waals surface area contributed by atoms with Gasteiger partial charge in [0.15, 0.2) is 5.96 Å². The van der Waals surface area contributed by atoms with E-state index in [0.717, 1.165) is 23.8 Å². The van der Waals surface area contributed by atoms with E-state index in [1.54, 1.807) is 7.11 Å². The lowest BCUT2D eigenvalue weighted by Crippen LogP contribution is -2.40. The Morgan fingerprint density at radius 1 is 1.08 bits per heavy atom. The predicted octanol–water partition coefficient (Wildman–Crippen LogP) is 4.30. The monoisotopic (exact) mass is 483 g/mol. The van der Waals surface area contributed by atoms with Crippen LogP contribution in [0.1, 0.15) is 18.4 Å². The first-order valence-electron chi connectivity index (χ1n) is 8.55. The van der Waals surface area contributed by atoms with Crippen LogP contribution in [0.3, 0.4) is 0 Å². The van der Waals surface area contributed by atoms with Gasteiger partial charge in [-0.2, -0.15) is 0 Å². The third-order valence-corrected chi connectivity index (χ3v) is 5.82. The fourth-order valence-corrected chi connectivity index (χ4v) is 3.93. The lowest BCUT2D eigenvalue weighted by molar-refractivity contribution is 0.409.